The number of hydrogen-bond acceptors (Lipinski definition) is 6. The molecule has 0 saturated carbocycles. The van der Waals surface area contributed by atoms with Gasteiger partial charge >= 0.3 is 0 Å². The van der Waals surface area contributed by atoms with Gasteiger partial charge in [-0.3, -0.25) is 9.69 Å². The van der Waals surface area contributed by atoms with Crippen LogP contribution in [0.1, 0.15) is 16.1 Å². The minimum absolute atomic E-state index is 0.107. The van der Waals surface area contributed by atoms with Crippen LogP contribution in [0.25, 0.3) is 33.9 Å². The maximum absolute atomic E-state index is 13.7. The summed E-state index contributed by atoms with van der Waals surface area (Å²) in [6.07, 6.45) is 1.77. The van der Waals surface area contributed by atoms with Crippen molar-refractivity contribution in [2.45, 2.75) is 6.92 Å². The third-order valence-electron chi connectivity index (χ3n) is 6.03. The second kappa shape index (κ2) is 10.2. The summed E-state index contributed by atoms with van der Waals surface area (Å²) < 4.78 is 24.5. The summed E-state index contributed by atoms with van der Waals surface area (Å²) in [6.45, 7) is 6.48. The molecule has 9 heteroatoms. The van der Waals surface area contributed by atoms with Gasteiger partial charge in [-0.15, -0.1) is 0 Å². The Labute approximate surface area is 202 Å². The summed E-state index contributed by atoms with van der Waals surface area (Å²) in [7, 11) is 0. The Kier molecular flexibility index (Phi) is 6.69. The van der Waals surface area contributed by atoms with Crippen LogP contribution in [0.4, 0.5) is 4.39 Å². The topological polar surface area (TPSA) is 96.3 Å². The van der Waals surface area contributed by atoms with E-state index in [0.717, 1.165) is 38.4 Å². The van der Waals surface area contributed by atoms with Crippen molar-refractivity contribution in [2.75, 3.05) is 39.4 Å². The van der Waals surface area contributed by atoms with Gasteiger partial charge in [0.1, 0.15) is 23.1 Å². The molecule has 3 heterocycles. The van der Waals surface area contributed by atoms with Crippen LogP contribution in [0, 0.1) is 12.7 Å². The minimum Gasteiger partial charge on any atom is -0.379 e. The molecule has 0 bridgehead atoms. The normalized spacial score (nSPS) is 14.2. The van der Waals surface area contributed by atoms with Crippen LogP contribution in [0.2, 0.25) is 0 Å². The van der Waals surface area contributed by atoms with E-state index in [2.05, 4.69) is 20.4 Å². The number of carbonyl (C=O) groups is 1. The number of H-pyrrole nitrogens is 1. The lowest BCUT2D eigenvalue weighted by Gasteiger charge is -2.26. The second-order valence-corrected chi connectivity index (χ2v) is 8.39. The molecule has 0 radical (unpaired) electrons. The standard InChI is InChI=1S/C26H26FN5O3/c1-17-23(24(31-35-17)20-3-2-4-21(27)15-20)22-16-29-25(30-22)18-5-7-19(8-6-18)26(33)28-9-10-32-11-13-34-14-12-32/h2-8,15-16H,9-14H2,1H3,(H,28,33)(H,29,30). The Morgan fingerprint density at radius 1 is 1.14 bits per heavy atom. The Balaban J connectivity index is 1.27. The van der Waals surface area contributed by atoms with Crippen molar-refractivity contribution < 1.29 is 18.4 Å². The van der Waals surface area contributed by atoms with Gasteiger partial charge in [0.05, 0.1) is 24.5 Å². The van der Waals surface area contributed by atoms with Crippen LogP contribution >= 0.6 is 0 Å². The van der Waals surface area contributed by atoms with Gasteiger partial charge in [-0.1, -0.05) is 29.4 Å². The number of hydrogen-bond donors (Lipinski definition) is 2. The number of nitrogens with one attached hydrogen (secondary N) is 2. The second-order valence-electron chi connectivity index (χ2n) is 8.39. The number of aromatic amines is 1. The average Bonchev–Trinajstić information content (AvgIpc) is 3.51. The smallest absolute Gasteiger partial charge is 0.251 e. The van der Waals surface area contributed by atoms with Gasteiger partial charge in [0.15, 0.2) is 0 Å². The molecule has 0 atom stereocenters. The van der Waals surface area contributed by atoms with Crippen molar-refractivity contribution in [1.82, 2.24) is 25.3 Å². The monoisotopic (exact) mass is 475 g/mol. The number of rotatable bonds is 7. The first-order valence-corrected chi connectivity index (χ1v) is 11.6. The Bertz CT molecular complexity index is 1310. The molecule has 2 aromatic heterocycles. The summed E-state index contributed by atoms with van der Waals surface area (Å²) in [5.74, 6) is 0.781. The fourth-order valence-corrected chi connectivity index (χ4v) is 4.14. The Morgan fingerprint density at radius 3 is 2.71 bits per heavy atom. The van der Waals surface area contributed by atoms with Gasteiger partial charge in [-0.25, -0.2) is 9.37 Å². The van der Waals surface area contributed by atoms with Gasteiger partial charge < -0.3 is 19.6 Å². The fourth-order valence-electron chi connectivity index (χ4n) is 4.14. The summed E-state index contributed by atoms with van der Waals surface area (Å²) in [6, 6.07) is 13.5. The number of nitrogens with zero attached hydrogens (tertiary/aromatic N) is 3. The molecule has 1 amide bonds. The lowest BCUT2D eigenvalue weighted by molar-refractivity contribution is 0.0383. The van der Waals surface area contributed by atoms with Crippen LogP contribution in [0.5, 0.6) is 0 Å². The van der Waals surface area contributed by atoms with Crippen LogP contribution in [-0.2, 0) is 4.74 Å². The van der Waals surface area contributed by atoms with Crippen molar-refractivity contribution in [2.24, 2.45) is 0 Å². The third-order valence-corrected chi connectivity index (χ3v) is 6.03. The molecular formula is C26H26FN5O3. The molecule has 1 saturated heterocycles. The van der Waals surface area contributed by atoms with E-state index in [4.69, 9.17) is 14.2 Å². The molecule has 0 unspecified atom stereocenters. The minimum atomic E-state index is -0.345. The zero-order valence-corrected chi connectivity index (χ0v) is 19.4. The number of amides is 1. The summed E-state index contributed by atoms with van der Waals surface area (Å²) in [5.41, 5.74) is 3.92. The zero-order valence-electron chi connectivity index (χ0n) is 19.4. The maximum Gasteiger partial charge on any atom is 0.251 e. The van der Waals surface area contributed by atoms with E-state index in [1.54, 1.807) is 37.4 Å². The number of aryl methyl sites for hydroxylation is 1. The largest absolute Gasteiger partial charge is 0.379 e. The Morgan fingerprint density at radius 2 is 1.94 bits per heavy atom. The molecule has 1 aliphatic heterocycles. The average molecular weight is 476 g/mol. The Hall–Kier alpha value is -3.82. The number of halogens is 1. The van der Waals surface area contributed by atoms with E-state index >= 15 is 0 Å². The first-order chi connectivity index (χ1) is 17.1. The van der Waals surface area contributed by atoms with Crippen molar-refractivity contribution in [3.63, 3.8) is 0 Å². The molecule has 5 rings (SSSR count). The van der Waals surface area contributed by atoms with Crippen molar-refractivity contribution >= 4 is 5.91 Å². The molecule has 35 heavy (non-hydrogen) atoms. The van der Waals surface area contributed by atoms with E-state index in [0.29, 0.717) is 46.2 Å². The van der Waals surface area contributed by atoms with Crippen LogP contribution in [0.3, 0.4) is 0 Å². The first kappa shape index (κ1) is 22.9. The summed E-state index contributed by atoms with van der Waals surface area (Å²) >= 11 is 0. The van der Waals surface area contributed by atoms with Crippen LogP contribution in [0.15, 0.2) is 59.3 Å². The van der Waals surface area contributed by atoms with Crippen LogP contribution < -0.4 is 5.32 Å². The molecule has 0 aliphatic carbocycles. The highest BCUT2D eigenvalue weighted by Gasteiger charge is 2.20. The van der Waals surface area contributed by atoms with Crippen molar-refractivity contribution in [3.05, 3.63) is 71.9 Å². The zero-order chi connectivity index (χ0) is 24.2. The number of morpholine rings is 1. The van der Waals surface area contributed by atoms with Gasteiger partial charge in [-0.05, 0) is 31.2 Å². The molecule has 1 fully saturated rings. The highest BCUT2D eigenvalue weighted by Crippen LogP contribution is 2.34. The number of benzene rings is 2. The summed E-state index contributed by atoms with van der Waals surface area (Å²) in [5, 5.41) is 7.09. The van der Waals surface area contributed by atoms with Gasteiger partial charge in [0, 0.05) is 49.1 Å². The summed E-state index contributed by atoms with van der Waals surface area (Å²) in [4.78, 5) is 22.7. The number of aromatic nitrogens is 3. The lowest BCUT2D eigenvalue weighted by Crippen LogP contribution is -2.41. The van der Waals surface area contributed by atoms with Crippen molar-refractivity contribution in [3.8, 4) is 33.9 Å². The molecular weight excluding hydrogens is 449 g/mol. The molecule has 8 nitrogen and oxygen atoms in total. The molecule has 1 aliphatic rings. The quantitative estimate of drug-likeness (QED) is 0.421. The van der Waals surface area contributed by atoms with Gasteiger partial charge in [0.25, 0.3) is 5.91 Å². The predicted molar refractivity (Wildman–Crippen MR) is 129 cm³/mol. The van der Waals surface area contributed by atoms with E-state index < -0.39 is 0 Å². The highest BCUT2D eigenvalue weighted by molar-refractivity contribution is 5.94. The van der Waals surface area contributed by atoms with Gasteiger partial charge in [0.2, 0.25) is 0 Å². The number of carbonyl (C=O) groups excluding carboxylic acids is 1. The fraction of sp³-hybridized carbons (Fsp3) is 0.269. The molecule has 2 N–H and O–H groups in total. The molecule has 2 aromatic carbocycles. The van der Waals surface area contributed by atoms with Crippen LogP contribution in [-0.4, -0.2) is 65.3 Å². The highest BCUT2D eigenvalue weighted by atomic mass is 19.1. The van der Waals surface area contributed by atoms with Gasteiger partial charge in [-0.2, -0.15) is 0 Å². The molecule has 4 aromatic rings. The van der Waals surface area contributed by atoms with E-state index in [1.807, 2.05) is 12.1 Å². The maximum atomic E-state index is 13.7. The molecule has 0 spiro atoms. The van der Waals surface area contributed by atoms with Crippen molar-refractivity contribution in [1.29, 1.82) is 0 Å². The third kappa shape index (κ3) is 5.16. The lowest BCUT2D eigenvalue weighted by atomic mass is 10.0. The van der Waals surface area contributed by atoms with E-state index in [9.17, 15) is 9.18 Å². The SMILES string of the molecule is Cc1onc(-c2cccc(F)c2)c1-c1c[nH]c(-c2ccc(C(=O)NCCN3CCOCC3)cc2)n1. The predicted octanol–water partition coefficient (Wildman–Crippen LogP) is 3.91. The van der Waals surface area contributed by atoms with E-state index in [1.165, 1.54) is 12.1 Å². The first-order valence-electron chi connectivity index (χ1n) is 11.6. The molecule has 180 valence electrons. The van der Waals surface area contributed by atoms with E-state index in [-0.39, 0.29) is 11.7 Å². The number of imidazole rings is 1. The number of ether oxygens (including phenoxy) is 1.